The highest BCUT2D eigenvalue weighted by molar-refractivity contribution is 6.32. The van der Waals surface area contributed by atoms with E-state index in [2.05, 4.69) is 35.2 Å². The first kappa shape index (κ1) is 18.2. The molecule has 1 aliphatic heterocycles. The molecule has 0 bridgehead atoms. The van der Waals surface area contributed by atoms with Crippen molar-refractivity contribution < 1.29 is 9.84 Å². The van der Waals surface area contributed by atoms with E-state index in [-0.39, 0.29) is 6.61 Å². The molecule has 1 unspecified atom stereocenters. The number of halogens is 1. The Kier molecular flexibility index (Phi) is 6.74. The molecule has 3 nitrogen and oxygen atoms in total. The summed E-state index contributed by atoms with van der Waals surface area (Å²) in [6.45, 7) is 3.01. The fraction of sp³-hybridized carbons (Fsp3) is 0.429. The second-order valence-electron chi connectivity index (χ2n) is 6.83. The van der Waals surface area contributed by atoms with E-state index < -0.39 is 6.10 Å². The number of likely N-dealkylation sites (tertiary alicyclic amines) is 1. The minimum atomic E-state index is -0.498. The molecule has 0 radical (unpaired) electrons. The summed E-state index contributed by atoms with van der Waals surface area (Å²) in [6, 6.07) is 18.1. The molecule has 1 heterocycles. The van der Waals surface area contributed by atoms with Gasteiger partial charge < -0.3 is 14.7 Å². The van der Waals surface area contributed by atoms with Gasteiger partial charge in [0.2, 0.25) is 0 Å². The highest BCUT2D eigenvalue weighted by Crippen LogP contribution is 2.24. The Balaban J connectivity index is 1.37. The topological polar surface area (TPSA) is 32.7 Å². The lowest BCUT2D eigenvalue weighted by atomic mass is 9.90. The van der Waals surface area contributed by atoms with Gasteiger partial charge in [0.1, 0.15) is 18.5 Å². The van der Waals surface area contributed by atoms with Gasteiger partial charge in [0.25, 0.3) is 0 Å². The molecule has 0 aliphatic carbocycles. The van der Waals surface area contributed by atoms with Crippen molar-refractivity contribution in [1.29, 1.82) is 0 Å². The molecule has 1 atom stereocenters. The number of rotatable bonds is 7. The smallest absolute Gasteiger partial charge is 0.138 e. The molecule has 0 amide bonds. The number of ether oxygens (including phenoxy) is 1. The Morgan fingerprint density at radius 2 is 1.72 bits per heavy atom. The molecule has 2 aromatic carbocycles. The third-order valence-electron chi connectivity index (χ3n) is 4.81. The van der Waals surface area contributed by atoms with Crippen LogP contribution in [0.4, 0.5) is 0 Å². The van der Waals surface area contributed by atoms with Crippen LogP contribution >= 0.6 is 11.6 Å². The van der Waals surface area contributed by atoms with Crippen LogP contribution in [-0.4, -0.2) is 42.4 Å². The number of benzene rings is 2. The van der Waals surface area contributed by atoms with Gasteiger partial charge in [-0.05, 0) is 56.0 Å². The van der Waals surface area contributed by atoms with Crippen LogP contribution in [0.3, 0.4) is 0 Å². The van der Waals surface area contributed by atoms with Crippen LogP contribution in [-0.2, 0) is 6.42 Å². The van der Waals surface area contributed by atoms with E-state index in [1.165, 1.54) is 18.4 Å². The molecule has 4 heteroatoms. The summed E-state index contributed by atoms with van der Waals surface area (Å²) >= 11 is 6.07. The summed E-state index contributed by atoms with van der Waals surface area (Å²) in [5.74, 6) is 1.37. The highest BCUT2D eigenvalue weighted by atomic mass is 35.5. The maximum absolute atomic E-state index is 10.2. The molecule has 0 spiro atoms. The fourth-order valence-electron chi connectivity index (χ4n) is 3.42. The number of para-hydroxylation sites is 1. The van der Waals surface area contributed by atoms with Crippen LogP contribution < -0.4 is 4.74 Å². The molecule has 0 aromatic heterocycles. The van der Waals surface area contributed by atoms with E-state index in [0.717, 1.165) is 25.4 Å². The largest absolute Gasteiger partial charge is 0.489 e. The molecular formula is C21H26ClNO2. The Hall–Kier alpha value is -1.55. The summed E-state index contributed by atoms with van der Waals surface area (Å²) < 4.78 is 5.63. The first-order valence-electron chi connectivity index (χ1n) is 9.02. The molecular weight excluding hydrogens is 334 g/mol. The molecule has 2 aromatic rings. The van der Waals surface area contributed by atoms with Crippen LogP contribution in [0.2, 0.25) is 5.02 Å². The number of nitrogens with zero attached hydrogens (tertiary/aromatic N) is 1. The van der Waals surface area contributed by atoms with E-state index >= 15 is 0 Å². The second kappa shape index (κ2) is 9.23. The van der Waals surface area contributed by atoms with Crippen LogP contribution in [0.5, 0.6) is 5.75 Å². The van der Waals surface area contributed by atoms with Gasteiger partial charge in [0.05, 0.1) is 5.02 Å². The van der Waals surface area contributed by atoms with Crippen molar-refractivity contribution in [3.63, 3.8) is 0 Å². The fourth-order valence-corrected chi connectivity index (χ4v) is 3.61. The van der Waals surface area contributed by atoms with Crippen LogP contribution in [0.25, 0.3) is 0 Å². The molecule has 1 N–H and O–H groups in total. The number of hydrogen-bond donors (Lipinski definition) is 1. The summed E-state index contributed by atoms with van der Waals surface area (Å²) in [5, 5.41) is 10.8. The van der Waals surface area contributed by atoms with Gasteiger partial charge >= 0.3 is 0 Å². The average Bonchev–Trinajstić information content (AvgIpc) is 2.64. The van der Waals surface area contributed by atoms with Gasteiger partial charge in [0, 0.05) is 6.54 Å². The monoisotopic (exact) mass is 359 g/mol. The first-order chi connectivity index (χ1) is 12.2. The standard InChI is InChI=1S/C21H26ClNO2/c22-20-8-4-5-9-21(20)25-16-19(24)15-23-12-10-18(11-13-23)14-17-6-2-1-3-7-17/h1-9,18-19,24H,10-16H2. The van der Waals surface area contributed by atoms with E-state index in [9.17, 15) is 5.11 Å². The number of β-amino-alcohol motifs (C(OH)–C–C–N with tert-alkyl or cyclic N) is 1. The Bertz CT molecular complexity index is 641. The lowest BCUT2D eigenvalue weighted by molar-refractivity contribution is 0.0551. The van der Waals surface area contributed by atoms with Crippen molar-refractivity contribution in [2.75, 3.05) is 26.2 Å². The zero-order valence-electron chi connectivity index (χ0n) is 14.5. The molecule has 134 valence electrons. The lowest BCUT2D eigenvalue weighted by Crippen LogP contribution is -2.41. The van der Waals surface area contributed by atoms with Gasteiger partial charge in [-0.2, -0.15) is 0 Å². The van der Waals surface area contributed by atoms with Gasteiger partial charge in [-0.1, -0.05) is 54.1 Å². The summed E-state index contributed by atoms with van der Waals surface area (Å²) in [5.41, 5.74) is 1.43. The lowest BCUT2D eigenvalue weighted by Gasteiger charge is -2.33. The first-order valence-corrected chi connectivity index (χ1v) is 9.40. The van der Waals surface area contributed by atoms with E-state index in [1.54, 1.807) is 6.07 Å². The third-order valence-corrected chi connectivity index (χ3v) is 5.12. The third kappa shape index (κ3) is 5.74. The van der Waals surface area contributed by atoms with Crippen molar-refractivity contribution in [1.82, 2.24) is 4.90 Å². The number of hydrogen-bond acceptors (Lipinski definition) is 3. The van der Waals surface area contributed by atoms with Crippen LogP contribution in [0.1, 0.15) is 18.4 Å². The molecule has 25 heavy (non-hydrogen) atoms. The van der Waals surface area contributed by atoms with Gasteiger partial charge in [-0.15, -0.1) is 0 Å². The minimum absolute atomic E-state index is 0.272. The quantitative estimate of drug-likeness (QED) is 0.810. The minimum Gasteiger partial charge on any atom is -0.489 e. The Morgan fingerprint density at radius 3 is 2.44 bits per heavy atom. The maximum atomic E-state index is 10.2. The predicted octanol–water partition coefficient (Wildman–Crippen LogP) is 4.03. The van der Waals surface area contributed by atoms with E-state index in [4.69, 9.17) is 16.3 Å². The van der Waals surface area contributed by atoms with Gasteiger partial charge in [-0.25, -0.2) is 0 Å². The van der Waals surface area contributed by atoms with Crippen molar-refractivity contribution in [3.05, 3.63) is 65.2 Å². The number of aliphatic hydroxyl groups excluding tert-OH is 1. The predicted molar refractivity (Wildman–Crippen MR) is 102 cm³/mol. The van der Waals surface area contributed by atoms with Crippen LogP contribution in [0, 0.1) is 5.92 Å². The van der Waals surface area contributed by atoms with Crippen LogP contribution in [0.15, 0.2) is 54.6 Å². The normalized spacial score (nSPS) is 17.4. The van der Waals surface area contributed by atoms with E-state index in [1.807, 2.05) is 18.2 Å². The molecule has 1 aliphatic rings. The summed E-state index contributed by atoms with van der Waals surface area (Å²) in [6.07, 6.45) is 3.04. The zero-order chi connectivity index (χ0) is 17.5. The van der Waals surface area contributed by atoms with Crippen molar-refractivity contribution in [2.45, 2.75) is 25.4 Å². The summed E-state index contributed by atoms with van der Waals surface area (Å²) in [4.78, 5) is 2.34. The van der Waals surface area contributed by atoms with E-state index in [0.29, 0.717) is 17.3 Å². The van der Waals surface area contributed by atoms with Crippen molar-refractivity contribution >= 4 is 11.6 Å². The highest BCUT2D eigenvalue weighted by Gasteiger charge is 2.21. The number of piperidine rings is 1. The van der Waals surface area contributed by atoms with Crippen molar-refractivity contribution in [2.24, 2.45) is 5.92 Å². The SMILES string of the molecule is OC(COc1ccccc1Cl)CN1CCC(Cc2ccccc2)CC1. The Labute approximate surface area is 155 Å². The average molecular weight is 360 g/mol. The zero-order valence-corrected chi connectivity index (χ0v) is 15.2. The second-order valence-corrected chi connectivity index (χ2v) is 7.24. The van der Waals surface area contributed by atoms with Crippen molar-refractivity contribution in [3.8, 4) is 5.75 Å². The molecule has 1 saturated heterocycles. The summed E-state index contributed by atoms with van der Waals surface area (Å²) in [7, 11) is 0. The van der Waals surface area contributed by atoms with Gasteiger partial charge in [0.15, 0.2) is 0 Å². The molecule has 0 saturated carbocycles. The number of aliphatic hydroxyl groups is 1. The maximum Gasteiger partial charge on any atom is 0.138 e. The Morgan fingerprint density at radius 1 is 1.04 bits per heavy atom. The molecule has 3 rings (SSSR count). The van der Waals surface area contributed by atoms with Gasteiger partial charge in [-0.3, -0.25) is 0 Å². The molecule has 1 fully saturated rings.